The molecule has 4 aliphatic rings. The molecule has 3 fully saturated rings. The van der Waals surface area contributed by atoms with Crippen molar-refractivity contribution in [2.75, 3.05) is 0 Å². The molecule has 0 spiro atoms. The van der Waals surface area contributed by atoms with Crippen LogP contribution < -0.4 is 0 Å². The standard InChI is InChI=1S/C28H44O/c1-18(2)19(3)7-8-20(4)24-11-12-25-23-10-9-21-17-22(29)13-15-27(21,5)26(23)14-16-28(24,25)6/h7-10,18-20,22,24-26,29H,11-17H2,1-6H3/t19-,20+,22?,24+,25-,26-,27-,28+/m0/s1. The number of rotatable bonds is 4. The minimum absolute atomic E-state index is 0.116. The molecule has 8 atom stereocenters. The van der Waals surface area contributed by atoms with Gasteiger partial charge in [0.2, 0.25) is 0 Å². The molecule has 0 aromatic carbocycles. The number of fused-ring (bicyclic) bond motifs is 5. The molecule has 29 heavy (non-hydrogen) atoms. The maximum absolute atomic E-state index is 10.2. The summed E-state index contributed by atoms with van der Waals surface area (Å²) in [6.07, 6.45) is 18.4. The predicted molar refractivity (Wildman–Crippen MR) is 123 cm³/mol. The van der Waals surface area contributed by atoms with E-state index in [1.807, 2.05) is 0 Å². The van der Waals surface area contributed by atoms with Crippen LogP contribution in [0.15, 0.2) is 35.5 Å². The summed E-state index contributed by atoms with van der Waals surface area (Å²) in [5.74, 6) is 4.38. The second-order valence-corrected chi connectivity index (χ2v) is 11.9. The van der Waals surface area contributed by atoms with Crippen LogP contribution in [0.1, 0.15) is 86.5 Å². The van der Waals surface area contributed by atoms with E-state index >= 15 is 0 Å². The van der Waals surface area contributed by atoms with Gasteiger partial charge in [0.25, 0.3) is 0 Å². The zero-order valence-electron chi connectivity index (χ0n) is 19.7. The van der Waals surface area contributed by atoms with Crippen LogP contribution in [-0.2, 0) is 0 Å². The van der Waals surface area contributed by atoms with E-state index < -0.39 is 0 Å². The van der Waals surface area contributed by atoms with E-state index in [0.717, 1.165) is 36.5 Å². The fraction of sp³-hybridized carbons (Fsp3) is 0.786. The van der Waals surface area contributed by atoms with E-state index in [0.29, 0.717) is 22.7 Å². The molecule has 1 N–H and O–H groups in total. The van der Waals surface area contributed by atoms with Crippen LogP contribution in [0.3, 0.4) is 0 Å². The van der Waals surface area contributed by atoms with Crippen molar-refractivity contribution < 1.29 is 5.11 Å². The Morgan fingerprint density at radius 3 is 2.41 bits per heavy atom. The lowest BCUT2D eigenvalue weighted by Crippen LogP contribution is -2.46. The number of aliphatic hydroxyl groups excluding tert-OH is 1. The first-order chi connectivity index (χ1) is 13.7. The molecule has 0 aliphatic heterocycles. The summed E-state index contributed by atoms with van der Waals surface area (Å²) < 4.78 is 0. The molecule has 0 saturated heterocycles. The highest BCUT2D eigenvalue weighted by Crippen LogP contribution is 2.65. The zero-order chi connectivity index (χ0) is 21.0. The molecular formula is C28H44O. The van der Waals surface area contributed by atoms with Crippen LogP contribution in [0.25, 0.3) is 0 Å². The summed E-state index contributed by atoms with van der Waals surface area (Å²) in [6.45, 7) is 14.6. The highest BCUT2D eigenvalue weighted by atomic mass is 16.3. The van der Waals surface area contributed by atoms with Gasteiger partial charge in [0.1, 0.15) is 0 Å². The molecule has 0 radical (unpaired) electrons. The van der Waals surface area contributed by atoms with Crippen molar-refractivity contribution in [3.63, 3.8) is 0 Å². The Balaban J connectivity index is 1.57. The van der Waals surface area contributed by atoms with Crippen molar-refractivity contribution in [3.05, 3.63) is 35.5 Å². The highest BCUT2D eigenvalue weighted by Gasteiger charge is 2.56. The summed E-state index contributed by atoms with van der Waals surface area (Å²) >= 11 is 0. The summed E-state index contributed by atoms with van der Waals surface area (Å²) in [6, 6.07) is 0. The summed E-state index contributed by atoms with van der Waals surface area (Å²) in [4.78, 5) is 0. The van der Waals surface area contributed by atoms with E-state index in [1.54, 1.807) is 5.57 Å². The van der Waals surface area contributed by atoms with Gasteiger partial charge in [-0.25, -0.2) is 0 Å². The summed E-state index contributed by atoms with van der Waals surface area (Å²) in [5.41, 5.74) is 4.07. The maximum Gasteiger partial charge on any atom is 0.0578 e. The fourth-order valence-corrected chi connectivity index (χ4v) is 7.59. The van der Waals surface area contributed by atoms with Gasteiger partial charge in [0.15, 0.2) is 0 Å². The lowest BCUT2D eigenvalue weighted by atomic mass is 9.50. The molecule has 1 heteroatoms. The van der Waals surface area contributed by atoms with E-state index in [1.165, 1.54) is 37.7 Å². The molecule has 0 heterocycles. The Morgan fingerprint density at radius 1 is 0.931 bits per heavy atom. The second-order valence-electron chi connectivity index (χ2n) is 11.9. The van der Waals surface area contributed by atoms with Gasteiger partial charge < -0.3 is 5.11 Å². The van der Waals surface area contributed by atoms with Crippen LogP contribution in [0.4, 0.5) is 0 Å². The molecule has 1 unspecified atom stereocenters. The first-order valence-electron chi connectivity index (χ1n) is 12.4. The van der Waals surface area contributed by atoms with Crippen LogP contribution in [-0.4, -0.2) is 11.2 Å². The topological polar surface area (TPSA) is 20.2 Å². The third-order valence-corrected chi connectivity index (χ3v) is 10.0. The highest BCUT2D eigenvalue weighted by molar-refractivity contribution is 5.39. The van der Waals surface area contributed by atoms with Crippen molar-refractivity contribution in [1.82, 2.24) is 0 Å². The Bertz CT molecular complexity index is 712. The number of allylic oxidation sites excluding steroid dienone is 5. The van der Waals surface area contributed by atoms with E-state index in [-0.39, 0.29) is 6.10 Å². The average molecular weight is 397 g/mol. The monoisotopic (exact) mass is 396 g/mol. The van der Waals surface area contributed by atoms with Gasteiger partial charge >= 0.3 is 0 Å². The Morgan fingerprint density at radius 2 is 1.69 bits per heavy atom. The molecule has 0 bridgehead atoms. The summed E-state index contributed by atoms with van der Waals surface area (Å²) in [7, 11) is 0. The molecule has 162 valence electrons. The first kappa shape index (κ1) is 21.4. The number of hydrogen-bond acceptors (Lipinski definition) is 1. The lowest BCUT2D eigenvalue weighted by molar-refractivity contribution is 0.0382. The van der Waals surface area contributed by atoms with Crippen molar-refractivity contribution in [1.29, 1.82) is 0 Å². The van der Waals surface area contributed by atoms with Gasteiger partial charge in [-0.05, 0) is 91.3 Å². The fourth-order valence-electron chi connectivity index (χ4n) is 7.59. The van der Waals surface area contributed by atoms with Crippen molar-refractivity contribution in [2.24, 2.45) is 46.3 Å². The van der Waals surface area contributed by atoms with Gasteiger partial charge in [-0.1, -0.05) is 77.0 Å². The molecule has 0 aromatic rings. The van der Waals surface area contributed by atoms with Gasteiger partial charge in [-0.3, -0.25) is 0 Å². The van der Waals surface area contributed by atoms with E-state index in [2.05, 4.69) is 65.8 Å². The molecule has 0 aromatic heterocycles. The average Bonchev–Trinajstić information content (AvgIpc) is 3.03. The smallest absolute Gasteiger partial charge is 0.0578 e. The van der Waals surface area contributed by atoms with Crippen molar-refractivity contribution in [3.8, 4) is 0 Å². The normalized spacial score (nSPS) is 44.0. The van der Waals surface area contributed by atoms with Crippen LogP contribution in [0.2, 0.25) is 0 Å². The zero-order valence-corrected chi connectivity index (χ0v) is 19.7. The Kier molecular flexibility index (Phi) is 5.69. The van der Waals surface area contributed by atoms with E-state index in [4.69, 9.17) is 0 Å². The third-order valence-electron chi connectivity index (χ3n) is 10.0. The lowest BCUT2D eigenvalue weighted by Gasteiger charge is -2.55. The van der Waals surface area contributed by atoms with Crippen LogP contribution in [0.5, 0.6) is 0 Å². The van der Waals surface area contributed by atoms with Gasteiger partial charge in [-0.2, -0.15) is 0 Å². The van der Waals surface area contributed by atoms with Crippen molar-refractivity contribution in [2.45, 2.75) is 92.6 Å². The van der Waals surface area contributed by atoms with Crippen LogP contribution >= 0.6 is 0 Å². The van der Waals surface area contributed by atoms with Crippen LogP contribution in [0, 0.1) is 46.3 Å². The Hall–Kier alpha value is -0.820. The minimum Gasteiger partial charge on any atom is -0.393 e. The molecule has 3 saturated carbocycles. The van der Waals surface area contributed by atoms with Gasteiger partial charge in [-0.15, -0.1) is 0 Å². The summed E-state index contributed by atoms with van der Waals surface area (Å²) in [5, 5.41) is 10.2. The molecule has 0 amide bonds. The van der Waals surface area contributed by atoms with E-state index in [9.17, 15) is 5.11 Å². The second kappa shape index (κ2) is 7.70. The number of aliphatic hydroxyl groups is 1. The first-order valence-corrected chi connectivity index (χ1v) is 12.4. The molecular weight excluding hydrogens is 352 g/mol. The number of hydrogen-bond donors (Lipinski definition) is 1. The molecule has 1 nitrogen and oxygen atoms in total. The van der Waals surface area contributed by atoms with Gasteiger partial charge in [0, 0.05) is 0 Å². The minimum atomic E-state index is -0.116. The molecule has 4 aliphatic carbocycles. The largest absolute Gasteiger partial charge is 0.393 e. The van der Waals surface area contributed by atoms with Crippen molar-refractivity contribution >= 4 is 0 Å². The molecule has 4 rings (SSSR count). The SMILES string of the molecule is CC(C)[C@@H](C)C=C[C@@H](C)[C@H]1CC[C@H]2C3=CC=C4CC(O)CC[C@]4(C)[C@H]3CC[C@]12C. The quantitative estimate of drug-likeness (QED) is 0.493. The van der Waals surface area contributed by atoms with Gasteiger partial charge in [0.05, 0.1) is 6.10 Å². The Labute approximate surface area is 179 Å². The predicted octanol–water partition coefficient (Wildman–Crippen LogP) is 7.33. The third kappa shape index (κ3) is 3.50. The maximum atomic E-state index is 10.2.